The maximum absolute atomic E-state index is 4.69. The van der Waals surface area contributed by atoms with Gasteiger partial charge in [0.25, 0.3) is 0 Å². The first-order valence-corrected chi connectivity index (χ1v) is 6.17. The number of aryl methyl sites for hydroxylation is 2. The fraction of sp³-hybridized carbons (Fsp3) is 0.692. The van der Waals surface area contributed by atoms with Gasteiger partial charge in [-0.05, 0) is 46.5 Å². The molecule has 1 aliphatic carbocycles. The van der Waals surface area contributed by atoms with Crippen molar-refractivity contribution >= 4 is 5.82 Å². The van der Waals surface area contributed by atoms with Crippen molar-refractivity contribution in [1.29, 1.82) is 0 Å². The van der Waals surface area contributed by atoms with Crippen LogP contribution in [0.5, 0.6) is 0 Å². The van der Waals surface area contributed by atoms with Crippen molar-refractivity contribution in [1.82, 2.24) is 9.97 Å². The Labute approximate surface area is 97.7 Å². The minimum Gasteiger partial charge on any atom is -0.364 e. The molecule has 0 spiro atoms. The molecule has 1 aliphatic rings. The predicted octanol–water partition coefficient (Wildman–Crippen LogP) is 2.96. The van der Waals surface area contributed by atoms with E-state index < -0.39 is 0 Å². The molecule has 88 valence electrons. The number of rotatable bonds is 1. The summed E-state index contributed by atoms with van der Waals surface area (Å²) in [5.74, 6) is 0.910. The van der Waals surface area contributed by atoms with E-state index in [4.69, 9.17) is 0 Å². The molecule has 1 aromatic rings. The Kier molecular flexibility index (Phi) is 3.13. The normalized spacial score (nSPS) is 16.4. The van der Waals surface area contributed by atoms with Gasteiger partial charge in [-0.1, -0.05) is 6.42 Å². The number of hydrogen-bond donors (Lipinski definition) is 1. The largest absolute Gasteiger partial charge is 0.364 e. The van der Waals surface area contributed by atoms with E-state index in [-0.39, 0.29) is 5.54 Å². The molecule has 0 amide bonds. The zero-order chi connectivity index (χ0) is 11.6. The third kappa shape index (κ3) is 2.94. The molecular weight excluding hydrogens is 198 g/mol. The van der Waals surface area contributed by atoms with Crippen LogP contribution in [0.2, 0.25) is 0 Å². The standard InChI is InChI=1S/C13H21N3/c1-13(2,3)16-12-9-14-10-7-5-4-6-8-11(10)15-12/h9H,4-8H2,1-3H3,(H,15,16). The lowest BCUT2D eigenvalue weighted by atomic mass is 10.1. The Morgan fingerprint density at radius 2 is 1.75 bits per heavy atom. The van der Waals surface area contributed by atoms with Crippen molar-refractivity contribution in [3.05, 3.63) is 17.6 Å². The first-order valence-electron chi connectivity index (χ1n) is 6.17. The molecule has 1 N–H and O–H groups in total. The Balaban J connectivity index is 2.21. The van der Waals surface area contributed by atoms with Gasteiger partial charge in [0.2, 0.25) is 0 Å². The molecule has 1 heterocycles. The van der Waals surface area contributed by atoms with Crippen molar-refractivity contribution in [2.24, 2.45) is 0 Å². The number of nitrogens with one attached hydrogen (secondary N) is 1. The van der Waals surface area contributed by atoms with Gasteiger partial charge in [0.05, 0.1) is 17.6 Å². The molecule has 3 nitrogen and oxygen atoms in total. The molecule has 0 saturated heterocycles. The van der Waals surface area contributed by atoms with Gasteiger partial charge in [-0.25, -0.2) is 4.98 Å². The maximum Gasteiger partial charge on any atom is 0.145 e. The smallest absolute Gasteiger partial charge is 0.145 e. The monoisotopic (exact) mass is 219 g/mol. The van der Waals surface area contributed by atoms with E-state index in [1.807, 2.05) is 6.20 Å². The van der Waals surface area contributed by atoms with Gasteiger partial charge in [0.1, 0.15) is 5.82 Å². The molecule has 0 unspecified atom stereocenters. The fourth-order valence-electron chi connectivity index (χ4n) is 2.07. The number of fused-ring (bicyclic) bond motifs is 1. The molecule has 0 atom stereocenters. The second-order valence-corrected chi connectivity index (χ2v) is 5.58. The highest BCUT2D eigenvalue weighted by molar-refractivity contribution is 5.36. The van der Waals surface area contributed by atoms with Gasteiger partial charge >= 0.3 is 0 Å². The molecule has 16 heavy (non-hydrogen) atoms. The lowest BCUT2D eigenvalue weighted by Crippen LogP contribution is -2.27. The number of anilines is 1. The zero-order valence-electron chi connectivity index (χ0n) is 10.5. The molecule has 0 aromatic carbocycles. The van der Waals surface area contributed by atoms with Crippen LogP contribution >= 0.6 is 0 Å². The maximum atomic E-state index is 4.69. The van der Waals surface area contributed by atoms with Crippen LogP contribution in [0, 0.1) is 0 Å². The van der Waals surface area contributed by atoms with Crippen molar-refractivity contribution in [3.63, 3.8) is 0 Å². The third-order valence-electron chi connectivity index (χ3n) is 2.76. The highest BCUT2D eigenvalue weighted by Gasteiger charge is 2.14. The van der Waals surface area contributed by atoms with Crippen molar-refractivity contribution in [2.75, 3.05) is 5.32 Å². The van der Waals surface area contributed by atoms with Crippen molar-refractivity contribution < 1.29 is 0 Å². The zero-order valence-corrected chi connectivity index (χ0v) is 10.5. The molecule has 0 saturated carbocycles. The molecule has 1 aromatic heterocycles. The van der Waals surface area contributed by atoms with Gasteiger partial charge in [0.15, 0.2) is 0 Å². The fourth-order valence-corrected chi connectivity index (χ4v) is 2.07. The number of hydrogen-bond acceptors (Lipinski definition) is 3. The van der Waals surface area contributed by atoms with E-state index in [1.165, 1.54) is 30.7 Å². The van der Waals surface area contributed by atoms with Crippen LogP contribution in [0.1, 0.15) is 51.4 Å². The highest BCUT2D eigenvalue weighted by atomic mass is 15.1. The summed E-state index contributed by atoms with van der Waals surface area (Å²) in [4.78, 5) is 9.22. The molecule has 3 heteroatoms. The third-order valence-corrected chi connectivity index (χ3v) is 2.76. The first kappa shape index (κ1) is 11.4. The lowest BCUT2D eigenvalue weighted by molar-refractivity contribution is 0.628. The Bertz CT molecular complexity index is 366. The van der Waals surface area contributed by atoms with Crippen molar-refractivity contribution in [2.45, 2.75) is 58.4 Å². The number of nitrogens with zero attached hydrogens (tertiary/aromatic N) is 2. The quantitative estimate of drug-likeness (QED) is 0.738. The molecule has 0 radical (unpaired) electrons. The molecular formula is C13H21N3. The summed E-state index contributed by atoms with van der Waals surface area (Å²) < 4.78 is 0. The average Bonchev–Trinajstić information content (AvgIpc) is 2.39. The van der Waals surface area contributed by atoms with Crippen LogP contribution in [0.15, 0.2) is 6.20 Å². The topological polar surface area (TPSA) is 37.8 Å². The van der Waals surface area contributed by atoms with Crippen LogP contribution in [-0.2, 0) is 12.8 Å². The second kappa shape index (κ2) is 4.40. The van der Waals surface area contributed by atoms with Gasteiger partial charge in [-0.3, -0.25) is 4.98 Å². The Morgan fingerprint density at radius 3 is 2.44 bits per heavy atom. The van der Waals surface area contributed by atoms with Crippen molar-refractivity contribution in [3.8, 4) is 0 Å². The molecule has 2 rings (SSSR count). The summed E-state index contributed by atoms with van der Waals surface area (Å²) in [7, 11) is 0. The highest BCUT2D eigenvalue weighted by Crippen LogP contribution is 2.19. The van der Waals surface area contributed by atoms with E-state index in [1.54, 1.807) is 0 Å². The van der Waals surface area contributed by atoms with Crippen LogP contribution in [-0.4, -0.2) is 15.5 Å². The summed E-state index contributed by atoms with van der Waals surface area (Å²) in [6, 6.07) is 0. The summed E-state index contributed by atoms with van der Waals surface area (Å²) in [5, 5.41) is 3.38. The van der Waals surface area contributed by atoms with E-state index in [0.717, 1.165) is 18.7 Å². The van der Waals surface area contributed by atoms with Gasteiger partial charge in [-0.2, -0.15) is 0 Å². The van der Waals surface area contributed by atoms with E-state index >= 15 is 0 Å². The van der Waals surface area contributed by atoms with E-state index in [2.05, 4.69) is 36.1 Å². The van der Waals surface area contributed by atoms with Gasteiger partial charge < -0.3 is 5.32 Å². The second-order valence-electron chi connectivity index (χ2n) is 5.58. The van der Waals surface area contributed by atoms with Crippen LogP contribution in [0.3, 0.4) is 0 Å². The van der Waals surface area contributed by atoms with Gasteiger partial charge in [-0.15, -0.1) is 0 Å². The van der Waals surface area contributed by atoms with Gasteiger partial charge in [0, 0.05) is 5.54 Å². The SMILES string of the molecule is CC(C)(C)Nc1cnc2c(n1)CCCCC2. The van der Waals surface area contributed by atoms with Crippen LogP contribution in [0.25, 0.3) is 0 Å². The first-order chi connectivity index (χ1) is 7.54. The minimum atomic E-state index is 0.0493. The number of aromatic nitrogens is 2. The van der Waals surface area contributed by atoms with E-state index in [9.17, 15) is 0 Å². The molecule has 0 bridgehead atoms. The van der Waals surface area contributed by atoms with Crippen LogP contribution < -0.4 is 5.32 Å². The Morgan fingerprint density at radius 1 is 1.06 bits per heavy atom. The molecule has 0 aliphatic heterocycles. The van der Waals surface area contributed by atoms with E-state index in [0.29, 0.717) is 0 Å². The summed E-state index contributed by atoms with van der Waals surface area (Å²) >= 11 is 0. The summed E-state index contributed by atoms with van der Waals surface area (Å²) in [6.07, 6.45) is 7.87. The predicted molar refractivity (Wildman–Crippen MR) is 66.7 cm³/mol. The minimum absolute atomic E-state index is 0.0493. The molecule has 0 fully saturated rings. The average molecular weight is 219 g/mol. The Hall–Kier alpha value is -1.12. The lowest BCUT2D eigenvalue weighted by Gasteiger charge is -2.21. The summed E-state index contributed by atoms with van der Waals surface area (Å²) in [5.41, 5.74) is 2.46. The van der Waals surface area contributed by atoms with Crippen LogP contribution in [0.4, 0.5) is 5.82 Å². The summed E-state index contributed by atoms with van der Waals surface area (Å²) in [6.45, 7) is 6.42.